The number of ether oxygens (including phenoxy) is 3. The summed E-state index contributed by atoms with van der Waals surface area (Å²) < 4.78 is 16.2. The largest absolute Gasteiger partial charge is 0.493 e. The zero-order valence-electron chi connectivity index (χ0n) is 15.7. The van der Waals surface area contributed by atoms with Gasteiger partial charge in [0, 0.05) is 11.3 Å². The first-order valence-electron chi connectivity index (χ1n) is 8.60. The van der Waals surface area contributed by atoms with Gasteiger partial charge in [0.15, 0.2) is 30.0 Å². The van der Waals surface area contributed by atoms with Crippen molar-refractivity contribution < 1.29 is 28.6 Å². The van der Waals surface area contributed by atoms with Crippen molar-refractivity contribution >= 4 is 29.0 Å². The maximum atomic E-state index is 12.2. The quantitative estimate of drug-likeness (QED) is 0.742. The van der Waals surface area contributed by atoms with E-state index in [9.17, 15) is 14.4 Å². The van der Waals surface area contributed by atoms with Crippen LogP contribution < -0.4 is 24.8 Å². The maximum Gasteiger partial charge on any atom is 0.265 e. The lowest BCUT2D eigenvalue weighted by Gasteiger charge is -2.23. The van der Waals surface area contributed by atoms with Gasteiger partial charge in [-0.2, -0.15) is 0 Å². The van der Waals surface area contributed by atoms with E-state index in [4.69, 9.17) is 14.2 Å². The van der Waals surface area contributed by atoms with Gasteiger partial charge >= 0.3 is 0 Å². The molecule has 0 fully saturated rings. The van der Waals surface area contributed by atoms with E-state index in [1.54, 1.807) is 43.3 Å². The first kappa shape index (κ1) is 19.2. The Morgan fingerprint density at radius 2 is 1.96 bits per heavy atom. The fraction of sp³-hybridized carbons (Fsp3) is 0.250. The topological polar surface area (TPSA) is 103 Å². The molecule has 0 saturated carbocycles. The molecule has 28 heavy (non-hydrogen) atoms. The molecule has 1 unspecified atom stereocenters. The SMILES string of the molecule is COc1cc(C(C)=O)ccc1OCC(=O)Nc1ccc2c(c1)NC(=O)C(C)O2. The Bertz CT molecular complexity index is 940. The summed E-state index contributed by atoms with van der Waals surface area (Å²) in [5, 5.41) is 5.41. The average Bonchev–Trinajstić information content (AvgIpc) is 2.67. The number of hydrogen-bond acceptors (Lipinski definition) is 6. The molecule has 2 aromatic rings. The van der Waals surface area contributed by atoms with Crippen LogP contribution in [0.2, 0.25) is 0 Å². The molecule has 2 aromatic carbocycles. The summed E-state index contributed by atoms with van der Waals surface area (Å²) in [4.78, 5) is 35.3. The Morgan fingerprint density at radius 1 is 1.18 bits per heavy atom. The van der Waals surface area contributed by atoms with E-state index >= 15 is 0 Å². The Balaban J connectivity index is 1.63. The highest BCUT2D eigenvalue weighted by molar-refractivity contribution is 5.99. The van der Waals surface area contributed by atoms with Crippen molar-refractivity contribution in [3.05, 3.63) is 42.0 Å². The fourth-order valence-corrected chi connectivity index (χ4v) is 2.63. The third-order valence-corrected chi connectivity index (χ3v) is 4.12. The summed E-state index contributed by atoms with van der Waals surface area (Å²) in [6.45, 7) is 2.85. The van der Waals surface area contributed by atoms with Gasteiger partial charge in [-0.1, -0.05) is 0 Å². The van der Waals surface area contributed by atoms with Crippen molar-refractivity contribution in [2.45, 2.75) is 20.0 Å². The van der Waals surface area contributed by atoms with Crippen LogP contribution in [0.5, 0.6) is 17.2 Å². The van der Waals surface area contributed by atoms with Gasteiger partial charge in [0.05, 0.1) is 12.8 Å². The maximum absolute atomic E-state index is 12.2. The van der Waals surface area contributed by atoms with Crippen molar-refractivity contribution in [1.82, 2.24) is 0 Å². The number of methoxy groups -OCH3 is 1. The number of fused-ring (bicyclic) bond motifs is 1. The molecule has 1 heterocycles. The highest BCUT2D eigenvalue weighted by Gasteiger charge is 2.23. The molecular weight excluding hydrogens is 364 g/mol. The molecular formula is C20H20N2O6. The van der Waals surface area contributed by atoms with Crippen molar-refractivity contribution in [1.29, 1.82) is 0 Å². The highest BCUT2D eigenvalue weighted by atomic mass is 16.5. The van der Waals surface area contributed by atoms with Crippen LogP contribution in [0.4, 0.5) is 11.4 Å². The Kier molecular flexibility index (Phi) is 5.49. The number of carbonyl (C=O) groups is 3. The second-order valence-electron chi connectivity index (χ2n) is 6.22. The third kappa shape index (κ3) is 4.22. The Morgan fingerprint density at radius 3 is 2.68 bits per heavy atom. The second kappa shape index (κ2) is 7.99. The second-order valence-corrected chi connectivity index (χ2v) is 6.22. The van der Waals surface area contributed by atoms with Crippen LogP contribution in [0.15, 0.2) is 36.4 Å². The predicted octanol–water partition coefficient (Wildman–Crippen LogP) is 2.63. The predicted molar refractivity (Wildman–Crippen MR) is 102 cm³/mol. The summed E-state index contributed by atoms with van der Waals surface area (Å²) in [7, 11) is 1.45. The lowest BCUT2D eigenvalue weighted by molar-refractivity contribution is -0.122. The van der Waals surface area contributed by atoms with Gasteiger partial charge in [-0.05, 0) is 50.2 Å². The molecule has 1 atom stereocenters. The first-order chi connectivity index (χ1) is 13.4. The number of rotatable bonds is 6. The van der Waals surface area contributed by atoms with E-state index < -0.39 is 12.0 Å². The molecule has 8 heteroatoms. The van der Waals surface area contributed by atoms with Gasteiger partial charge in [-0.25, -0.2) is 0 Å². The number of Topliss-reactive ketones (excluding diaryl/α,β-unsaturated/α-hetero) is 1. The molecule has 2 N–H and O–H groups in total. The van der Waals surface area contributed by atoms with Gasteiger partial charge in [0.1, 0.15) is 5.75 Å². The van der Waals surface area contributed by atoms with E-state index in [-0.39, 0.29) is 18.3 Å². The number of amides is 2. The van der Waals surface area contributed by atoms with Crippen LogP contribution in [0.1, 0.15) is 24.2 Å². The van der Waals surface area contributed by atoms with E-state index in [0.717, 1.165) is 0 Å². The average molecular weight is 384 g/mol. The van der Waals surface area contributed by atoms with Crippen LogP contribution in [0, 0.1) is 0 Å². The molecule has 8 nitrogen and oxygen atoms in total. The zero-order chi connectivity index (χ0) is 20.3. The molecule has 0 bridgehead atoms. The Labute approximate surface area is 161 Å². The van der Waals surface area contributed by atoms with E-state index in [2.05, 4.69) is 10.6 Å². The summed E-state index contributed by atoms with van der Waals surface area (Å²) >= 11 is 0. The Hall–Kier alpha value is -3.55. The number of benzene rings is 2. The van der Waals surface area contributed by atoms with Crippen LogP contribution >= 0.6 is 0 Å². The summed E-state index contributed by atoms with van der Waals surface area (Å²) in [5.74, 6) is 0.512. The van der Waals surface area contributed by atoms with E-state index in [1.807, 2.05) is 0 Å². The van der Waals surface area contributed by atoms with Crippen LogP contribution in [-0.4, -0.2) is 37.4 Å². The lowest BCUT2D eigenvalue weighted by Crippen LogP contribution is -2.34. The monoisotopic (exact) mass is 384 g/mol. The van der Waals surface area contributed by atoms with Gasteiger partial charge in [0.25, 0.3) is 11.8 Å². The highest BCUT2D eigenvalue weighted by Crippen LogP contribution is 2.32. The van der Waals surface area contributed by atoms with Gasteiger partial charge < -0.3 is 24.8 Å². The number of carbonyl (C=O) groups excluding carboxylic acids is 3. The van der Waals surface area contributed by atoms with E-state index in [1.165, 1.54) is 14.0 Å². The van der Waals surface area contributed by atoms with Gasteiger partial charge in [-0.3, -0.25) is 14.4 Å². The van der Waals surface area contributed by atoms with Gasteiger partial charge in [0.2, 0.25) is 0 Å². The van der Waals surface area contributed by atoms with Crippen molar-refractivity contribution in [2.75, 3.05) is 24.4 Å². The molecule has 2 amide bonds. The molecule has 1 aliphatic heterocycles. The molecule has 0 spiro atoms. The van der Waals surface area contributed by atoms with Crippen molar-refractivity contribution in [2.24, 2.45) is 0 Å². The molecule has 0 aromatic heterocycles. The van der Waals surface area contributed by atoms with E-state index in [0.29, 0.717) is 34.2 Å². The normalized spacial score (nSPS) is 15.0. The number of hydrogen-bond donors (Lipinski definition) is 2. The molecule has 0 radical (unpaired) electrons. The minimum atomic E-state index is -0.564. The summed E-state index contributed by atoms with van der Waals surface area (Å²) in [6, 6.07) is 9.69. The fourth-order valence-electron chi connectivity index (χ4n) is 2.63. The standard InChI is InChI=1S/C20H20N2O6/c1-11(23)13-4-6-17(18(8-13)26-3)27-10-19(24)21-14-5-7-16-15(9-14)22-20(25)12(2)28-16/h4-9,12H,10H2,1-3H3,(H,21,24)(H,22,25). The number of anilines is 2. The third-order valence-electron chi connectivity index (χ3n) is 4.12. The molecule has 1 aliphatic rings. The minimum absolute atomic E-state index is 0.0968. The summed E-state index contributed by atoms with van der Waals surface area (Å²) in [6.07, 6.45) is -0.564. The van der Waals surface area contributed by atoms with Crippen LogP contribution in [0.25, 0.3) is 0 Å². The molecule has 0 aliphatic carbocycles. The molecule has 3 rings (SSSR count). The number of nitrogens with one attached hydrogen (secondary N) is 2. The van der Waals surface area contributed by atoms with Crippen LogP contribution in [0.3, 0.4) is 0 Å². The lowest BCUT2D eigenvalue weighted by atomic mass is 10.1. The van der Waals surface area contributed by atoms with Crippen molar-refractivity contribution in [3.8, 4) is 17.2 Å². The smallest absolute Gasteiger partial charge is 0.265 e. The number of ketones is 1. The molecule has 146 valence electrons. The van der Waals surface area contributed by atoms with Crippen molar-refractivity contribution in [3.63, 3.8) is 0 Å². The minimum Gasteiger partial charge on any atom is -0.493 e. The zero-order valence-corrected chi connectivity index (χ0v) is 15.7. The van der Waals surface area contributed by atoms with Crippen LogP contribution in [-0.2, 0) is 9.59 Å². The van der Waals surface area contributed by atoms with Gasteiger partial charge in [-0.15, -0.1) is 0 Å². The summed E-state index contributed by atoms with van der Waals surface area (Å²) in [5.41, 5.74) is 1.47. The first-order valence-corrected chi connectivity index (χ1v) is 8.60. The molecule has 0 saturated heterocycles.